The quantitative estimate of drug-likeness (QED) is 0.156. The first kappa shape index (κ1) is 36.0. The Morgan fingerprint density at radius 2 is 1.59 bits per heavy atom. The Kier molecular flexibility index (Phi) is 8.10. The van der Waals surface area contributed by atoms with E-state index in [-0.39, 0.29) is 53.1 Å². The lowest BCUT2D eigenvalue weighted by Gasteiger charge is -2.71. The molecule has 0 aromatic rings. The summed E-state index contributed by atoms with van der Waals surface area (Å²) < 4.78 is 11.5. The topological polar surface area (TPSA) is 113 Å². The number of Topliss-reactive ketones (excluding diaryl/α,β-unsaturated/α-hetero) is 1. The summed E-state index contributed by atoms with van der Waals surface area (Å²) in [6.07, 6.45) is 19.1. The van der Waals surface area contributed by atoms with Crippen molar-refractivity contribution in [3.63, 3.8) is 0 Å². The van der Waals surface area contributed by atoms with Gasteiger partial charge in [0, 0.05) is 53.4 Å². The van der Waals surface area contributed by atoms with Gasteiger partial charge in [-0.05, 0) is 101 Å². The van der Waals surface area contributed by atoms with E-state index in [2.05, 4.69) is 32.1 Å². The van der Waals surface area contributed by atoms with Gasteiger partial charge in [-0.25, -0.2) is 0 Å². The van der Waals surface area contributed by atoms with E-state index in [0.29, 0.717) is 51.0 Å². The zero-order valence-corrected chi connectivity index (χ0v) is 32.2. The molecule has 1 saturated heterocycles. The third-order valence-electron chi connectivity index (χ3n) is 17.9. The molecule has 8 nitrogen and oxygen atoms in total. The highest BCUT2D eigenvalue weighted by molar-refractivity contribution is 6.00. The van der Waals surface area contributed by atoms with Crippen molar-refractivity contribution in [1.82, 2.24) is 4.90 Å². The highest BCUT2D eigenvalue weighted by atomic mass is 16.6. The molecule has 10 unspecified atom stereocenters. The number of allylic oxidation sites excluding steroid dienone is 4. The molecule has 282 valence electrons. The monoisotopic (exact) mass is 705 g/mol. The minimum atomic E-state index is -1.25. The van der Waals surface area contributed by atoms with E-state index in [1.54, 1.807) is 7.11 Å². The average Bonchev–Trinajstić information content (AvgIpc) is 3.55. The van der Waals surface area contributed by atoms with Crippen LogP contribution in [0, 0.1) is 50.2 Å². The van der Waals surface area contributed by atoms with Crippen LogP contribution in [-0.4, -0.2) is 76.9 Å². The van der Waals surface area contributed by atoms with E-state index in [1.807, 2.05) is 25.7 Å². The molecule has 0 radical (unpaired) electrons. The molecular formula is C43H63NO7. The lowest BCUT2D eigenvalue weighted by molar-refractivity contribution is -0.188. The second-order valence-corrected chi connectivity index (χ2v) is 19.8. The van der Waals surface area contributed by atoms with Gasteiger partial charge in [-0.3, -0.25) is 14.4 Å². The Hall–Kier alpha value is -2.03. The molecule has 1 aliphatic heterocycles. The molecule has 0 aromatic heterocycles. The summed E-state index contributed by atoms with van der Waals surface area (Å²) in [7, 11) is 1.66. The van der Waals surface area contributed by atoms with Gasteiger partial charge in [-0.1, -0.05) is 65.2 Å². The van der Waals surface area contributed by atoms with Gasteiger partial charge in [-0.15, -0.1) is 0 Å². The van der Waals surface area contributed by atoms with Crippen LogP contribution in [0.5, 0.6) is 0 Å². The van der Waals surface area contributed by atoms with Crippen LogP contribution < -0.4 is 0 Å². The average molecular weight is 706 g/mol. The van der Waals surface area contributed by atoms with Crippen molar-refractivity contribution < 1.29 is 34.1 Å². The van der Waals surface area contributed by atoms with Gasteiger partial charge in [0.15, 0.2) is 11.4 Å². The number of fused-ring (bicyclic) bond motifs is 3. The molecule has 4 bridgehead atoms. The Labute approximate surface area is 305 Å². The Bertz CT molecular complexity index is 1560. The molecule has 10 atom stereocenters. The first-order valence-electron chi connectivity index (χ1n) is 20.4. The summed E-state index contributed by atoms with van der Waals surface area (Å²) in [6, 6.07) is 0. The fourth-order valence-corrected chi connectivity index (χ4v) is 14.1. The first-order valence-corrected chi connectivity index (χ1v) is 20.4. The number of aliphatic hydroxyl groups excluding tert-OH is 1. The second-order valence-electron chi connectivity index (χ2n) is 19.8. The summed E-state index contributed by atoms with van der Waals surface area (Å²) in [6.45, 7) is 11.7. The molecule has 9 aliphatic rings. The highest BCUT2D eigenvalue weighted by Gasteiger charge is 2.78. The van der Waals surface area contributed by atoms with E-state index in [0.717, 1.165) is 63.4 Å². The first-order chi connectivity index (χ1) is 24.0. The molecule has 5 saturated carbocycles. The van der Waals surface area contributed by atoms with E-state index in [1.165, 1.54) is 6.42 Å². The summed E-state index contributed by atoms with van der Waals surface area (Å²) in [5, 5.41) is 24.2. The van der Waals surface area contributed by atoms with Crippen molar-refractivity contribution in [2.24, 2.45) is 50.2 Å². The third-order valence-corrected chi connectivity index (χ3v) is 17.9. The lowest BCUT2D eigenvalue weighted by atomic mass is 9.32. The minimum Gasteiger partial charge on any atom is -0.448 e. The summed E-state index contributed by atoms with van der Waals surface area (Å²) >= 11 is 0. The molecule has 0 aromatic carbocycles. The predicted molar refractivity (Wildman–Crippen MR) is 193 cm³/mol. The van der Waals surface area contributed by atoms with E-state index in [9.17, 15) is 24.6 Å². The van der Waals surface area contributed by atoms with Gasteiger partial charge in [0.25, 0.3) is 5.91 Å². The maximum absolute atomic E-state index is 14.9. The number of rotatable bonds is 9. The number of nitrogens with zero attached hydrogens (tertiary/aromatic N) is 1. The molecule has 8 aliphatic carbocycles. The SMILES string of the molecule is COCCCN(CC1(O)CCC2C34C=CC5(C=C3C(=O)C3CCCCC3)CC(O)CCC5(C)C4CCC21C)C(=O)C12CCC(C)(C(=O)O1)C2(C)C. The van der Waals surface area contributed by atoms with E-state index < -0.39 is 32.9 Å². The Morgan fingerprint density at radius 3 is 2.25 bits per heavy atom. The third kappa shape index (κ3) is 4.33. The van der Waals surface area contributed by atoms with Crippen LogP contribution >= 0.6 is 0 Å². The number of hydrogen-bond donors (Lipinski definition) is 2. The van der Waals surface area contributed by atoms with Crippen LogP contribution in [0.25, 0.3) is 0 Å². The molecule has 9 rings (SSSR count). The van der Waals surface area contributed by atoms with Crippen molar-refractivity contribution in [3.05, 3.63) is 23.8 Å². The van der Waals surface area contributed by atoms with Gasteiger partial charge in [0.2, 0.25) is 0 Å². The number of aliphatic hydroxyl groups is 2. The summed E-state index contributed by atoms with van der Waals surface area (Å²) in [5.74, 6) is 0.164. The normalized spacial score (nSPS) is 47.7. The molecule has 1 amide bonds. The number of hydrogen-bond acceptors (Lipinski definition) is 7. The molecular weight excluding hydrogens is 642 g/mol. The van der Waals surface area contributed by atoms with Gasteiger partial charge in [-0.2, -0.15) is 0 Å². The van der Waals surface area contributed by atoms with Gasteiger partial charge >= 0.3 is 5.97 Å². The molecule has 2 N–H and O–H groups in total. The van der Waals surface area contributed by atoms with Crippen LogP contribution in [0.2, 0.25) is 0 Å². The minimum absolute atomic E-state index is 0.0374. The zero-order chi connectivity index (χ0) is 36.5. The Balaban J connectivity index is 1.18. The smallest absolute Gasteiger partial charge is 0.313 e. The number of ether oxygens (including phenoxy) is 2. The number of methoxy groups -OCH3 is 1. The lowest BCUT2D eigenvalue weighted by Crippen LogP contribution is -2.68. The van der Waals surface area contributed by atoms with Crippen LogP contribution in [0.3, 0.4) is 0 Å². The number of ketones is 1. The van der Waals surface area contributed by atoms with Gasteiger partial charge < -0.3 is 24.6 Å². The molecule has 1 heterocycles. The Morgan fingerprint density at radius 1 is 0.902 bits per heavy atom. The highest BCUT2D eigenvalue weighted by Crippen LogP contribution is 2.78. The van der Waals surface area contributed by atoms with Crippen molar-refractivity contribution in [2.75, 3.05) is 26.8 Å². The standard InChI is InChI=1S/C43H63NO7/c1-36(2)39(5)19-22-43(36,51-35(39)48)34(47)44(23-10-24-50-6)27-41(49)18-15-32-38(41,4)17-14-31-37(3)16-13-29(45)25-40(37)20-21-42(31,32)30(26-40)33(46)28-11-8-7-9-12-28/h20-21,26,28-29,31-32,45,49H,7-19,22-25,27H2,1-6H3. The molecule has 8 heteroatoms. The van der Waals surface area contributed by atoms with Crippen LogP contribution in [0.4, 0.5) is 0 Å². The fourth-order valence-electron chi connectivity index (χ4n) is 14.1. The second kappa shape index (κ2) is 11.5. The number of esters is 1. The van der Waals surface area contributed by atoms with E-state index >= 15 is 0 Å². The molecule has 51 heavy (non-hydrogen) atoms. The molecule has 6 fully saturated rings. The van der Waals surface area contributed by atoms with Crippen molar-refractivity contribution in [1.29, 1.82) is 0 Å². The summed E-state index contributed by atoms with van der Waals surface area (Å²) in [5.41, 5.74) is -4.30. The van der Waals surface area contributed by atoms with Crippen molar-refractivity contribution >= 4 is 17.7 Å². The summed E-state index contributed by atoms with van der Waals surface area (Å²) in [4.78, 5) is 44.9. The molecule has 2 spiro atoms. The van der Waals surface area contributed by atoms with Crippen LogP contribution in [0.15, 0.2) is 23.8 Å². The zero-order valence-electron chi connectivity index (χ0n) is 32.2. The largest absolute Gasteiger partial charge is 0.448 e. The number of carbonyl (C=O) groups is 3. The van der Waals surface area contributed by atoms with Gasteiger partial charge in [0.05, 0.1) is 23.7 Å². The van der Waals surface area contributed by atoms with Crippen molar-refractivity contribution in [2.45, 2.75) is 148 Å². The van der Waals surface area contributed by atoms with Crippen molar-refractivity contribution in [3.8, 4) is 0 Å². The maximum Gasteiger partial charge on any atom is 0.313 e. The predicted octanol–water partition coefficient (Wildman–Crippen LogP) is 6.71. The van der Waals surface area contributed by atoms with Crippen LogP contribution in [0.1, 0.15) is 131 Å². The number of carbonyl (C=O) groups excluding carboxylic acids is 3. The van der Waals surface area contributed by atoms with Crippen LogP contribution in [-0.2, 0) is 23.9 Å². The van der Waals surface area contributed by atoms with E-state index in [4.69, 9.17) is 9.47 Å². The fraction of sp³-hybridized carbons (Fsp3) is 0.837. The number of amides is 1. The maximum atomic E-state index is 14.9. The van der Waals surface area contributed by atoms with Gasteiger partial charge in [0.1, 0.15) is 0 Å².